The molecule has 2 aliphatic rings. The molecule has 0 N–H and O–H groups in total. The molecule has 22 heavy (non-hydrogen) atoms. The topological polar surface area (TPSA) is 15.6 Å². The SMILES string of the molecule is CN1C2=CC=CCC2C(=Nc2ccccc2)c2ccccc21. The van der Waals surface area contributed by atoms with Gasteiger partial charge in [-0.1, -0.05) is 48.6 Å². The molecule has 2 heteroatoms. The van der Waals surface area contributed by atoms with E-state index in [2.05, 4.69) is 66.6 Å². The highest BCUT2D eigenvalue weighted by atomic mass is 15.1. The van der Waals surface area contributed by atoms with Gasteiger partial charge in [-0.3, -0.25) is 4.99 Å². The molecule has 1 aliphatic carbocycles. The molecule has 0 radical (unpaired) electrons. The van der Waals surface area contributed by atoms with Gasteiger partial charge >= 0.3 is 0 Å². The molecule has 0 bridgehead atoms. The summed E-state index contributed by atoms with van der Waals surface area (Å²) < 4.78 is 0. The van der Waals surface area contributed by atoms with Crippen LogP contribution in [0.25, 0.3) is 0 Å². The van der Waals surface area contributed by atoms with Crippen molar-refractivity contribution in [3.05, 3.63) is 84.1 Å². The largest absolute Gasteiger partial charge is 0.347 e. The van der Waals surface area contributed by atoms with Crippen molar-refractivity contribution in [2.24, 2.45) is 10.9 Å². The zero-order chi connectivity index (χ0) is 14.9. The Morgan fingerprint density at radius 3 is 2.64 bits per heavy atom. The molecule has 108 valence electrons. The molecule has 1 atom stereocenters. The van der Waals surface area contributed by atoms with Crippen LogP contribution >= 0.6 is 0 Å². The number of allylic oxidation sites excluding steroid dienone is 4. The van der Waals surface area contributed by atoms with E-state index in [1.807, 2.05) is 18.2 Å². The van der Waals surface area contributed by atoms with Gasteiger partial charge in [0.2, 0.25) is 0 Å². The number of nitrogens with zero attached hydrogens (tertiary/aromatic N) is 2. The van der Waals surface area contributed by atoms with Gasteiger partial charge in [-0.15, -0.1) is 0 Å². The molecular weight excluding hydrogens is 268 g/mol. The monoisotopic (exact) mass is 286 g/mol. The minimum absolute atomic E-state index is 0.338. The second kappa shape index (κ2) is 5.30. The number of para-hydroxylation sites is 2. The van der Waals surface area contributed by atoms with Crippen molar-refractivity contribution in [3.8, 4) is 0 Å². The Bertz CT molecular complexity index is 784. The lowest BCUT2D eigenvalue weighted by atomic mass is 9.83. The fraction of sp³-hybridized carbons (Fsp3) is 0.150. The van der Waals surface area contributed by atoms with Gasteiger partial charge in [-0.2, -0.15) is 0 Å². The van der Waals surface area contributed by atoms with Crippen molar-refractivity contribution < 1.29 is 0 Å². The van der Waals surface area contributed by atoms with E-state index in [-0.39, 0.29) is 0 Å². The molecule has 4 rings (SSSR count). The molecule has 0 aromatic heterocycles. The number of fused-ring (bicyclic) bond motifs is 2. The van der Waals surface area contributed by atoms with Crippen LogP contribution in [0.5, 0.6) is 0 Å². The van der Waals surface area contributed by atoms with Gasteiger partial charge in [0.1, 0.15) is 0 Å². The number of hydrogen-bond donors (Lipinski definition) is 0. The van der Waals surface area contributed by atoms with Gasteiger partial charge in [0.25, 0.3) is 0 Å². The Hall–Kier alpha value is -2.61. The molecule has 0 fully saturated rings. The summed E-state index contributed by atoms with van der Waals surface area (Å²) in [6, 6.07) is 18.8. The Labute approximate surface area is 131 Å². The fourth-order valence-electron chi connectivity index (χ4n) is 3.30. The molecule has 0 saturated carbocycles. The summed E-state index contributed by atoms with van der Waals surface area (Å²) in [5.41, 5.74) is 6.00. The average molecular weight is 286 g/mol. The summed E-state index contributed by atoms with van der Waals surface area (Å²) in [6.45, 7) is 0. The smallest absolute Gasteiger partial charge is 0.0633 e. The zero-order valence-electron chi connectivity index (χ0n) is 12.6. The molecule has 0 spiro atoms. The van der Waals surface area contributed by atoms with E-state index in [0.29, 0.717) is 5.92 Å². The van der Waals surface area contributed by atoms with E-state index in [9.17, 15) is 0 Å². The first kappa shape index (κ1) is 13.1. The van der Waals surface area contributed by atoms with Crippen molar-refractivity contribution in [1.29, 1.82) is 0 Å². The van der Waals surface area contributed by atoms with Crippen LogP contribution in [0.2, 0.25) is 0 Å². The Kier molecular flexibility index (Phi) is 3.15. The van der Waals surface area contributed by atoms with Crippen molar-refractivity contribution in [3.63, 3.8) is 0 Å². The van der Waals surface area contributed by atoms with Gasteiger partial charge in [-0.25, -0.2) is 0 Å². The van der Waals surface area contributed by atoms with E-state index in [4.69, 9.17) is 4.99 Å². The summed E-state index contributed by atoms with van der Waals surface area (Å²) in [4.78, 5) is 7.29. The van der Waals surface area contributed by atoms with Crippen LogP contribution < -0.4 is 4.90 Å². The molecular formula is C20H18N2. The summed E-state index contributed by atoms with van der Waals surface area (Å²) in [5.74, 6) is 0.338. The summed E-state index contributed by atoms with van der Waals surface area (Å²) in [7, 11) is 2.15. The quantitative estimate of drug-likeness (QED) is 0.740. The third-order valence-electron chi connectivity index (χ3n) is 4.40. The number of benzene rings is 2. The van der Waals surface area contributed by atoms with Gasteiger partial charge < -0.3 is 4.90 Å². The van der Waals surface area contributed by atoms with Crippen LogP contribution in [-0.2, 0) is 0 Å². The first-order valence-corrected chi connectivity index (χ1v) is 7.68. The first-order chi connectivity index (χ1) is 10.8. The van der Waals surface area contributed by atoms with Gasteiger partial charge in [0, 0.05) is 29.9 Å². The number of hydrogen-bond acceptors (Lipinski definition) is 2. The van der Waals surface area contributed by atoms with E-state index in [1.165, 1.54) is 22.7 Å². The number of rotatable bonds is 1. The van der Waals surface area contributed by atoms with Crippen LogP contribution in [0.4, 0.5) is 11.4 Å². The highest BCUT2D eigenvalue weighted by Crippen LogP contribution is 2.39. The van der Waals surface area contributed by atoms with E-state index < -0.39 is 0 Å². The van der Waals surface area contributed by atoms with Crippen molar-refractivity contribution >= 4 is 17.1 Å². The lowest BCUT2D eigenvalue weighted by Gasteiger charge is -2.38. The van der Waals surface area contributed by atoms with Crippen LogP contribution in [0.15, 0.2) is 83.5 Å². The molecule has 2 aromatic carbocycles. The van der Waals surface area contributed by atoms with E-state index in [0.717, 1.165) is 12.1 Å². The Morgan fingerprint density at radius 2 is 1.77 bits per heavy atom. The molecule has 0 saturated heterocycles. The standard InChI is InChI=1S/C20H18N2/c1-22-18-13-7-5-11-16(18)20(17-12-6-8-14-19(17)22)21-15-9-3-2-4-10-15/h2-11,13-14,17H,12H2,1H3. The summed E-state index contributed by atoms with van der Waals surface area (Å²) in [5, 5.41) is 0. The maximum Gasteiger partial charge on any atom is 0.0633 e. The predicted octanol–water partition coefficient (Wildman–Crippen LogP) is 4.72. The molecule has 1 heterocycles. The summed E-state index contributed by atoms with van der Waals surface area (Å²) in [6.07, 6.45) is 7.60. The maximum absolute atomic E-state index is 4.99. The van der Waals surface area contributed by atoms with Crippen LogP contribution in [-0.4, -0.2) is 12.8 Å². The van der Waals surface area contributed by atoms with Crippen LogP contribution in [0.1, 0.15) is 12.0 Å². The molecule has 2 nitrogen and oxygen atoms in total. The maximum atomic E-state index is 4.99. The minimum atomic E-state index is 0.338. The van der Waals surface area contributed by atoms with Gasteiger partial charge in [0.15, 0.2) is 0 Å². The normalized spacial score (nSPS) is 21.3. The Balaban J connectivity index is 1.92. The van der Waals surface area contributed by atoms with Crippen molar-refractivity contribution in [1.82, 2.24) is 0 Å². The average Bonchev–Trinajstić information content (AvgIpc) is 2.59. The highest BCUT2D eigenvalue weighted by molar-refractivity contribution is 6.11. The van der Waals surface area contributed by atoms with Gasteiger partial charge in [0.05, 0.1) is 11.4 Å². The Morgan fingerprint density at radius 1 is 1.00 bits per heavy atom. The molecule has 1 aliphatic heterocycles. The highest BCUT2D eigenvalue weighted by Gasteiger charge is 2.32. The van der Waals surface area contributed by atoms with Crippen LogP contribution in [0, 0.1) is 5.92 Å². The number of aliphatic imine (C=N–C) groups is 1. The molecule has 0 amide bonds. The van der Waals surface area contributed by atoms with E-state index in [1.54, 1.807) is 0 Å². The van der Waals surface area contributed by atoms with Crippen LogP contribution in [0.3, 0.4) is 0 Å². The molecule has 2 aromatic rings. The third kappa shape index (κ3) is 2.08. The second-order valence-corrected chi connectivity index (χ2v) is 5.72. The number of anilines is 1. The lowest BCUT2D eigenvalue weighted by molar-refractivity contribution is 0.756. The van der Waals surface area contributed by atoms with Gasteiger partial charge in [-0.05, 0) is 30.7 Å². The van der Waals surface area contributed by atoms with Crippen molar-refractivity contribution in [2.45, 2.75) is 6.42 Å². The first-order valence-electron chi connectivity index (χ1n) is 7.68. The third-order valence-corrected chi connectivity index (χ3v) is 4.40. The minimum Gasteiger partial charge on any atom is -0.347 e. The predicted molar refractivity (Wildman–Crippen MR) is 92.8 cm³/mol. The molecule has 1 unspecified atom stereocenters. The second-order valence-electron chi connectivity index (χ2n) is 5.72. The van der Waals surface area contributed by atoms with Crippen molar-refractivity contribution in [2.75, 3.05) is 11.9 Å². The summed E-state index contributed by atoms with van der Waals surface area (Å²) >= 11 is 0. The van der Waals surface area contributed by atoms with E-state index >= 15 is 0 Å². The lowest BCUT2D eigenvalue weighted by Crippen LogP contribution is -2.35. The fourth-order valence-corrected chi connectivity index (χ4v) is 3.30. The zero-order valence-corrected chi connectivity index (χ0v) is 12.6.